The van der Waals surface area contributed by atoms with Gasteiger partial charge < -0.3 is 9.47 Å². The lowest BCUT2D eigenvalue weighted by Gasteiger charge is -2.30. The molecule has 28 heavy (non-hydrogen) atoms. The number of nitrogens with one attached hydrogen (secondary N) is 2. The van der Waals surface area contributed by atoms with Gasteiger partial charge in [0, 0.05) is 0 Å². The van der Waals surface area contributed by atoms with Crippen LogP contribution in [0.1, 0.15) is 41.5 Å². The third kappa shape index (κ3) is 9.96. The van der Waals surface area contributed by atoms with E-state index in [1.54, 1.807) is 0 Å². The van der Waals surface area contributed by atoms with Gasteiger partial charge in [0.05, 0.1) is 31.5 Å². The SMILES string of the molecule is CC(C)(C)S(=O)NC(OC(OC(NS(=O)C(C)(C)C)C(F)F)C(F)F)C(F)F. The molecule has 0 fully saturated rings. The molecule has 0 rings (SSSR count). The average Bonchev–Trinajstić information content (AvgIpc) is 2.49. The molecule has 0 aromatic rings. The zero-order valence-corrected chi connectivity index (χ0v) is 17.8. The van der Waals surface area contributed by atoms with Crippen LogP contribution < -0.4 is 9.44 Å². The van der Waals surface area contributed by atoms with Gasteiger partial charge in [-0.05, 0) is 41.5 Å². The smallest absolute Gasteiger partial charge is 0.288 e. The highest BCUT2D eigenvalue weighted by atomic mass is 32.2. The maximum atomic E-state index is 13.1. The lowest BCUT2D eigenvalue weighted by atomic mass is 10.3. The van der Waals surface area contributed by atoms with Crippen molar-refractivity contribution in [1.29, 1.82) is 0 Å². The molecule has 0 bridgehead atoms. The minimum atomic E-state index is -3.60. The molecule has 0 radical (unpaired) electrons. The Kier molecular flexibility index (Phi) is 11.1. The van der Waals surface area contributed by atoms with E-state index in [-0.39, 0.29) is 0 Å². The van der Waals surface area contributed by atoms with Gasteiger partial charge in [0.1, 0.15) is 0 Å². The Balaban J connectivity index is 5.34. The van der Waals surface area contributed by atoms with Crippen molar-refractivity contribution in [3.05, 3.63) is 0 Å². The minimum Gasteiger partial charge on any atom is -0.322 e. The lowest BCUT2D eigenvalue weighted by Crippen LogP contribution is -2.51. The predicted molar refractivity (Wildman–Crippen MR) is 93.6 cm³/mol. The molecule has 0 amide bonds. The first-order valence-electron chi connectivity index (χ1n) is 7.98. The summed E-state index contributed by atoms with van der Waals surface area (Å²) in [4.78, 5) is 0. The van der Waals surface area contributed by atoms with Crippen molar-refractivity contribution in [3.8, 4) is 0 Å². The third-order valence-electron chi connectivity index (χ3n) is 2.78. The number of ether oxygens (including phenoxy) is 2. The molecule has 170 valence electrons. The number of alkyl halides is 6. The first kappa shape index (κ1) is 27.7. The second-order valence-electron chi connectivity index (χ2n) is 7.48. The Hall–Kier alpha value is -0.280. The summed E-state index contributed by atoms with van der Waals surface area (Å²) >= 11 is 0. The van der Waals surface area contributed by atoms with E-state index in [1.807, 2.05) is 9.44 Å². The van der Waals surface area contributed by atoms with Crippen molar-refractivity contribution in [1.82, 2.24) is 9.44 Å². The van der Waals surface area contributed by atoms with Gasteiger partial charge in [-0.1, -0.05) is 0 Å². The van der Waals surface area contributed by atoms with Crippen LogP contribution in [-0.4, -0.2) is 55.9 Å². The van der Waals surface area contributed by atoms with E-state index in [4.69, 9.17) is 0 Å². The van der Waals surface area contributed by atoms with Crippen LogP contribution in [0.4, 0.5) is 26.3 Å². The largest absolute Gasteiger partial charge is 0.322 e. The van der Waals surface area contributed by atoms with Crippen LogP contribution >= 0.6 is 0 Å². The zero-order valence-electron chi connectivity index (χ0n) is 16.2. The molecule has 14 heteroatoms. The van der Waals surface area contributed by atoms with Gasteiger partial charge in [-0.15, -0.1) is 0 Å². The van der Waals surface area contributed by atoms with Crippen molar-refractivity contribution in [2.24, 2.45) is 0 Å². The van der Waals surface area contributed by atoms with Gasteiger partial charge in [0.2, 0.25) is 6.29 Å². The van der Waals surface area contributed by atoms with Crippen molar-refractivity contribution in [2.75, 3.05) is 0 Å². The normalized spacial score (nSPS) is 19.1. The van der Waals surface area contributed by atoms with Crippen molar-refractivity contribution < 1.29 is 44.2 Å². The molecule has 0 aromatic carbocycles. The molecular weight excluding hydrogens is 438 g/mol. The molecule has 4 atom stereocenters. The summed E-state index contributed by atoms with van der Waals surface area (Å²) in [5.74, 6) is 0. The second-order valence-corrected chi connectivity index (χ2v) is 11.5. The molecule has 6 nitrogen and oxygen atoms in total. The Bertz CT molecular complexity index is 487. The highest BCUT2D eigenvalue weighted by molar-refractivity contribution is 7.84. The Morgan fingerprint density at radius 3 is 1.11 bits per heavy atom. The van der Waals surface area contributed by atoms with Crippen LogP contribution in [0.25, 0.3) is 0 Å². The molecular formula is C14H26F6N2O4S2. The minimum absolute atomic E-state index is 1.03. The Labute approximate surface area is 165 Å². The molecule has 0 aliphatic heterocycles. The average molecular weight is 464 g/mol. The van der Waals surface area contributed by atoms with Gasteiger partial charge >= 0.3 is 0 Å². The number of hydrogen-bond donors (Lipinski definition) is 2. The fourth-order valence-electron chi connectivity index (χ4n) is 1.28. The summed E-state index contributed by atoms with van der Waals surface area (Å²) in [6.07, 6.45) is -18.2. The van der Waals surface area contributed by atoms with Gasteiger partial charge in [0.25, 0.3) is 19.3 Å². The van der Waals surface area contributed by atoms with Crippen LogP contribution in [0.15, 0.2) is 0 Å². The predicted octanol–water partition coefficient (Wildman–Crippen LogP) is 2.90. The van der Waals surface area contributed by atoms with Crippen LogP contribution in [0.3, 0.4) is 0 Å². The molecule has 2 N–H and O–H groups in total. The van der Waals surface area contributed by atoms with Crippen LogP contribution in [-0.2, 0) is 31.4 Å². The van der Waals surface area contributed by atoms with Crippen LogP contribution in [0.5, 0.6) is 0 Å². The molecule has 4 unspecified atom stereocenters. The van der Waals surface area contributed by atoms with Crippen LogP contribution in [0.2, 0.25) is 0 Å². The Morgan fingerprint density at radius 2 is 0.929 bits per heavy atom. The summed E-state index contributed by atoms with van der Waals surface area (Å²) in [5.41, 5.74) is 0. The topological polar surface area (TPSA) is 76.7 Å². The van der Waals surface area contributed by atoms with E-state index in [0.717, 1.165) is 0 Å². The zero-order chi connectivity index (χ0) is 22.4. The number of rotatable bonds is 11. The molecule has 0 heterocycles. The van der Waals surface area contributed by atoms with Crippen molar-refractivity contribution in [2.45, 2.75) is 89.1 Å². The summed E-state index contributed by atoms with van der Waals surface area (Å²) in [6, 6.07) is 0. The lowest BCUT2D eigenvalue weighted by molar-refractivity contribution is -0.276. The van der Waals surface area contributed by atoms with Crippen molar-refractivity contribution >= 4 is 22.0 Å². The van der Waals surface area contributed by atoms with E-state index in [0.29, 0.717) is 0 Å². The van der Waals surface area contributed by atoms with Gasteiger partial charge in [0.15, 0.2) is 12.5 Å². The fourth-order valence-corrected chi connectivity index (χ4v) is 2.73. The number of hydrogen-bond acceptors (Lipinski definition) is 4. The van der Waals surface area contributed by atoms with E-state index in [2.05, 4.69) is 9.47 Å². The van der Waals surface area contributed by atoms with Gasteiger partial charge in [-0.25, -0.2) is 44.2 Å². The highest BCUT2D eigenvalue weighted by Crippen LogP contribution is 2.20. The van der Waals surface area contributed by atoms with E-state index in [9.17, 15) is 34.8 Å². The van der Waals surface area contributed by atoms with E-state index in [1.165, 1.54) is 41.5 Å². The maximum Gasteiger partial charge on any atom is 0.288 e. The van der Waals surface area contributed by atoms with Crippen LogP contribution in [0, 0.1) is 0 Å². The summed E-state index contributed by atoms with van der Waals surface area (Å²) in [7, 11) is -4.26. The molecule has 0 saturated heterocycles. The van der Waals surface area contributed by atoms with Gasteiger partial charge in [-0.3, -0.25) is 0 Å². The monoisotopic (exact) mass is 464 g/mol. The summed E-state index contributed by atoms with van der Waals surface area (Å²) in [6.45, 7) is 8.57. The molecule has 0 aliphatic carbocycles. The van der Waals surface area contributed by atoms with E-state index >= 15 is 0 Å². The first-order valence-corrected chi connectivity index (χ1v) is 10.3. The third-order valence-corrected chi connectivity index (χ3v) is 5.90. The fraction of sp³-hybridized carbons (Fsp3) is 1.00. The second kappa shape index (κ2) is 11.2. The van der Waals surface area contributed by atoms with Gasteiger partial charge in [-0.2, -0.15) is 0 Å². The molecule has 0 aromatic heterocycles. The Morgan fingerprint density at radius 1 is 0.643 bits per heavy atom. The molecule has 0 saturated carbocycles. The highest BCUT2D eigenvalue weighted by Gasteiger charge is 2.38. The maximum absolute atomic E-state index is 13.1. The molecule has 0 spiro atoms. The summed E-state index contributed by atoms with van der Waals surface area (Å²) < 4.78 is 113. The molecule has 0 aliphatic rings. The summed E-state index contributed by atoms with van der Waals surface area (Å²) in [5, 5.41) is 0. The standard InChI is InChI=1S/C14H26F6N2O4S2/c1-13(2,3)27(23)21-10(7(15)16)25-12(9(19)20)26-11(8(17)18)22-28(24)14(4,5)6/h7-12,21-22H,1-6H3. The van der Waals surface area contributed by atoms with E-state index < -0.39 is 69.5 Å². The quantitative estimate of drug-likeness (QED) is 0.364. The van der Waals surface area contributed by atoms with Crippen molar-refractivity contribution in [3.63, 3.8) is 0 Å². The first-order chi connectivity index (χ1) is 12.5. The number of halogens is 6.